The highest BCUT2D eigenvalue weighted by Gasteiger charge is 2.43. The number of nitrogens with zero attached hydrogens (tertiary/aromatic N) is 1. The molecule has 0 N–H and O–H groups in total. The monoisotopic (exact) mass is 731 g/mol. The molecule has 0 spiro atoms. The van der Waals surface area contributed by atoms with Crippen molar-refractivity contribution in [2.24, 2.45) is 5.41 Å². The fraction of sp³-hybridized carbons (Fsp3) is 0.442. The molecule has 0 aromatic heterocycles. The van der Waals surface area contributed by atoms with Crippen molar-refractivity contribution >= 4 is 8.53 Å². The lowest BCUT2D eigenvalue weighted by atomic mass is 9.79. The molecule has 2 unspecified atom stereocenters. The molecule has 0 aliphatic carbocycles. The van der Waals surface area contributed by atoms with Crippen molar-refractivity contribution in [1.29, 1.82) is 0 Å². The number of methoxy groups -OCH3 is 2. The van der Waals surface area contributed by atoms with Gasteiger partial charge in [0.1, 0.15) is 23.7 Å². The first-order valence-corrected chi connectivity index (χ1v) is 18.9. The lowest BCUT2D eigenvalue weighted by molar-refractivity contribution is -0.112. The molecule has 0 aliphatic heterocycles. The zero-order valence-corrected chi connectivity index (χ0v) is 33.0. The Labute approximate surface area is 314 Å². The standard InChI is InChI=1S/C43H58NO7P/c1-11-27-47-30-42(31-48-28-12-2,33-51-52(50-29-26-34(3)4)44(35(5)6)36(7)8)32-49-43(37-16-14-13-15-17-37,38-18-22-40(45-9)23-19-38)39-20-24-41(46-10)25-21-39/h1,12-25,35-36H,2-3,26-33H2,4-10H3. The Morgan fingerprint density at radius 1 is 0.788 bits per heavy atom. The van der Waals surface area contributed by atoms with Crippen molar-refractivity contribution in [3.8, 4) is 23.8 Å². The third-order valence-corrected chi connectivity index (χ3v) is 10.5. The van der Waals surface area contributed by atoms with Crippen molar-refractivity contribution in [3.05, 3.63) is 120 Å². The number of ether oxygens (including phenoxy) is 5. The molecule has 52 heavy (non-hydrogen) atoms. The van der Waals surface area contributed by atoms with Crippen LogP contribution in [0.3, 0.4) is 0 Å². The summed E-state index contributed by atoms with van der Waals surface area (Å²) in [6.07, 6.45) is 8.13. The third kappa shape index (κ3) is 12.0. The molecule has 0 saturated carbocycles. The predicted octanol–water partition coefficient (Wildman–Crippen LogP) is 9.20. The van der Waals surface area contributed by atoms with Crippen LogP contribution in [0.15, 0.2) is 104 Å². The average molecular weight is 732 g/mol. The second-order valence-electron chi connectivity index (χ2n) is 13.4. The molecule has 0 heterocycles. The zero-order chi connectivity index (χ0) is 38.0. The first kappa shape index (κ1) is 42.9. The Hall–Kier alpha value is -3.51. The molecular weight excluding hydrogens is 673 g/mol. The second kappa shape index (κ2) is 21.9. The molecule has 3 rings (SSSR count). The van der Waals surface area contributed by atoms with E-state index in [1.54, 1.807) is 20.3 Å². The third-order valence-electron chi connectivity index (χ3n) is 8.46. The van der Waals surface area contributed by atoms with E-state index in [0.29, 0.717) is 13.2 Å². The highest BCUT2D eigenvalue weighted by atomic mass is 31.2. The summed E-state index contributed by atoms with van der Waals surface area (Å²) in [7, 11) is 1.83. The van der Waals surface area contributed by atoms with Crippen LogP contribution in [0.25, 0.3) is 0 Å². The van der Waals surface area contributed by atoms with Crippen molar-refractivity contribution in [3.63, 3.8) is 0 Å². The Balaban J connectivity index is 2.20. The molecule has 0 bridgehead atoms. The van der Waals surface area contributed by atoms with Crippen LogP contribution in [0.4, 0.5) is 0 Å². The predicted molar refractivity (Wildman–Crippen MR) is 212 cm³/mol. The minimum Gasteiger partial charge on any atom is -0.497 e. The van der Waals surface area contributed by atoms with E-state index in [1.165, 1.54) is 0 Å². The van der Waals surface area contributed by atoms with E-state index in [4.69, 9.17) is 39.2 Å². The first-order valence-electron chi connectivity index (χ1n) is 17.7. The summed E-state index contributed by atoms with van der Waals surface area (Å²) in [6.45, 7) is 20.3. The zero-order valence-electron chi connectivity index (χ0n) is 32.1. The van der Waals surface area contributed by atoms with E-state index in [0.717, 1.165) is 40.2 Å². The Morgan fingerprint density at radius 2 is 1.33 bits per heavy atom. The maximum absolute atomic E-state index is 7.40. The van der Waals surface area contributed by atoms with E-state index in [-0.39, 0.29) is 45.1 Å². The summed E-state index contributed by atoms with van der Waals surface area (Å²) >= 11 is 0. The second-order valence-corrected chi connectivity index (χ2v) is 14.9. The van der Waals surface area contributed by atoms with Crippen LogP contribution in [0.5, 0.6) is 11.5 Å². The van der Waals surface area contributed by atoms with Crippen LogP contribution in [0.2, 0.25) is 0 Å². The van der Waals surface area contributed by atoms with Crippen molar-refractivity contribution in [2.75, 3.05) is 60.5 Å². The molecule has 282 valence electrons. The molecule has 9 heteroatoms. The molecule has 2 atom stereocenters. The first-order chi connectivity index (χ1) is 25.1. The Morgan fingerprint density at radius 3 is 1.81 bits per heavy atom. The molecule has 0 fully saturated rings. The summed E-state index contributed by atoms with van der Waals surface area (Å²) in [5, 5.41) is 0. The van der Waals surface area contributed by atoms with Gasteiger partial charge in [-0.2, -0.15) is 0 Å². The Kier molecular flexibility index (Phi) is 18.1. The molecule has 8 nitrogen and oxygen atoms in total. The van der Waals surface area contributed by atoms with Gasteiger partial charge in [0, 0.05) is 12.1 Å². The minimum absolute atomic E-state index is 0.123. The molecule has 0 aliphatic rings. The van der Waals surface area contributed by atoms with Crippen LogP contribution in [-0.2, 0) is 28.9 Å². The summed E-state index contributed by atoms with van der Waals surface area (Å²) in [4.78, 5) is 0. The van der Waals surface area contributed by atoms with Gasteiger partial charge in [-0.25, -0.2) is 4.67 Å². The van der Waals surface area contributed by atoms with E-state index < -0.39 is 19.5 Å². The fourth-order valence-corrected chi connectivity index (χ4v) is 7.63. The van der Waals surface area contributed by atoms with Gasteiger partial charge in [0.15, 0.2) is 0 Å². The fourth-order valence-electron chi connectivity index (χ4n) is 5.91. The van der Waals surface area contributed by atoms with Gasteiger partial charge in [-0.15, -0.1) is 19.6 Å². The SMILES string of the molecule is C#CCOCC(COCC=C)(COP(OCCC(=C)C)N(C(C)C)C(C)C)COC(c1ccccc1)(c1ccc(OC)cc1)c1ccc(OC)cc1. The molecule has 3 aromatic rings. The van der Waals surface area contributed by atoms with Gasteiger partial charge in [0.2, 0.25) is 0 Å². The Bertz CT molecular complexity index is 1470. The average Bonchev–Trinajstić information content (AvgIpc) is 3.14. The largest absolute Gasteiger partial charge is 0.497 e. The highest BCUT2D eigenvalue weighted by molar-refractivity contribution is 7.44. The van der Waals surface area contributed by atoms with E-state index in [1.807, 2.05) is 73.7 Å². The normalized spacial score (nSPS) is 13.5. The summed E-state index contributed by atoms with van der Waals surface area (Å²) in [6, 6.07) is 26.5. The lowest BCUT2D eigenvalue weighted by Crippen LogP contribution is -2.46. The van der Waals surface area contributed by atoms with Crippen molar-refractivity contribution < 1.29 is 32.7 Å². The van der Waals surface area contributed by atoms with Crippen LogP contribution in [-0.4, -0.2) is 77.2 Å². The van der Waals surface area contributed by atoms with Gasteiger partial charge in [-0.3, -0.25) is 0 Å². The molecule has 3 aromatic carbocycles. The van der Waals surface area contributed by atoms with Crippen LogP contribution in [0.1, 0.15) is 57.7 Å². The van der Waals surface area contributed by atoms with Gasteiger partial charge in [-0.05, 0) is 82.0 Å². The summed E-state index contributed by atoms with van der Waals surface area (Å²) < 4.78 is 46.5. The quantitative estimate of drug-likeness (QED) is 0.0281. The van der Waals surface area contributed by atoms with E-state index in [9.17, 15) is 0 Å². The van der Waals surface area contributed by atoms with E-state index in [2.05, 4.69) is 63.6 Å². The van der Waals surface area contributed by atoms with Gasteiger partial charge in [0.25, 0.3) is 8.53 Å². The number of terminal acetylenes is 1. The van der Waals surface area contributed by atoms with Crippen LogP contribution in [0, 0.1) is 17.8 Å². The number of hydrogen-bond acceptors (Lipinski definition) is 8. The smallest absolute Gasteiger partial charge is 0.259 e. The topological polar surface area (TPSA) is 67.9 Å². The van der Waals surface area contributed by atoms with Crippen LogP contribution < -0.4 is 9.47 Å². The number of hydrogen-bond donors (Lipinski definition) is 0. The van der Waals surface area contributed by atoms with Gasteiger partial charge in [-0.1, -0.05) is 72.2 Å². The number of rotatable bonds is 25. The summed E-state index contributed by atoms with van der Waals surface area (Å²) in [5.74, 6) is 4.09. The van der Waals surface area contributed by atoms with Gasteiger partial charge >= 0.3 is 0 Å². The minimum atomic E-state index is -1.48. The molecule has 0 amide bonds. The molecule has 0 saturated heterocycles. The van der Waals surface area contributed by atoms with Crippen molar-refractivity contribution in [2.45, 2.75) is 58.7 Å². The van der Waals surface area contributed by atoms with Crippen LogP contribution >= 0.6 is 8.53 Å². The van der Waals surface area contributed by atoms with Gasteiger partial charge in [0.05, 0.1) is 59.3 Å². The van der Waals surface area contributed by atoms with E-state index >= 15 is 0 Å². The molecule has 0 radical (unpaired) electrons. The van der Waals surface area contributed by atoms with Crippen molar-refractivity contribution in [1.82, 2.24) is 4.67 Å². The molecular formula is C43H58NO7P. The number of benzene rings is 3. The lowest BCUT2D eigenvalue weighted by Gasteiger charge is -2.42. The maximum atomic E-state index is 7.40. The highest BCUT2D eigenvalue weighted by Crippen LogP contribution is 2.48. The maximum Gasteiger partial charge on any atom is 0.259 e. The summed E-state index contributed by atoms with van der Waals surface area (Å²) in [5.41, 5.74) is 1.91. The van der Waals surface area contributed by atoms with Gasteiger partial charge < -0.3 is 32.7 Å².